The van der Waals surface area contributed by atoms with Gasteiger partial charge < -0.3 is 0 Å². The molecule has 1 heterocycles. The Balaban J connectivity index is 2.96. The third kappa shape index (κ3) is 1.79. The third-order valence-electron chi connectivity index (χ3n) is 1.48. The van der Waals surface area contributed by atoms with Crippen molar-refractivity contribution >= 4 is 5.84 Å². The highest BCUT2D eigenvalue weighted by Crippen LogP contribution is 1.99. The number of hydrazine groups is 1. The maximum absolute atomic E-state index is 7.52. The summed E-state index contributed by atoms with van der Waals surface area (Å²) in [6, 6.07) is 5.50. The molecule has 0 saturated heterocycles. The van der Waals surface area contributed by atoms with Gasteiger partial charge in [-0.25, -0.2) is 10.8 Å². The molecule has 0 atom stereocenters. The van der Waals surface area contributed by atoms with Crippen molar-refractivity contribution in [3.63, 3.8) is 0 Å². The lowest BCUT2D eigenvalue weighted by molar-refractivity contribution is 0.534. The van der Waals surface area contributed by atoms with E-state index in [0.717, 1.165) is 5.69 Å². The van der Waals surface area contributed by atoms with E-state index < -0.39 is 0 Å². The predicted octanol–water partition coefficient (Wildman–Crippen LogP) is 0.521. The molecule has 0 spiro atoms. The quantitative estimate of drug-likeness (QED) is 0.275. The number of pyridine rings is 1. The number of hydrogen-bond acceptors (Lipinski definition) is 3. The molecule has 1 aromatic heterocycles. The van der Waals surface area contributed by atoms with Gasteiger partial charge in [-0.1, -0.05) is 6.07 Å². The van der Waals surface area contributed by atoms with E-state index >= 15 is 0 Å². The number of nitrogens with one attached hydrogen (secondary N) is 1. The second-order valence-electron chi connectivity index (χ2n) is 2.62. The van der Waals surface area contributed by atoms with Crippen molar-refractivity contribution in [2.75, 3.05) is 7.05 Å². The fraction of sp³-hybridized carbons (Fsp3) is 0.250. The number of hydrogen-bond donors (Lipinski definition) is 2. The molecule has 0 radical (unpaired) electrons. The smallest absolute Gasteiger partial charge is 0.161 e. The zero-order chi connectivity index (χ0) is 9.14. The van der Waals surface area contributed by atoms with Gasteiger partial charge in [-0.15, -0.1) is 0 Å². The predicted molar refractivity (Wildman–Crippen MR) is 47.8 cm³/mol. The molecular weight excluding hydrogens is 152 g/mol. The van der Waals surface area contributed by atoms with Crippen molar-refractivity contribution in [1.29, 1.82) is 5.41 Å². The Morgan fingerprint density at radius 2 is 2.25 bits per heavy atom. The fourth-order valence-electron chi connectivity index (χ4n) is 0.856. The van der Waals surface area contributed by atoms with E-state index in [4.69, 9.17) is 11.3 Å². The van der Waals surface area contributed by atoms with Crippen LogP contribution < -0.4 is 5.84 Å². The van der Waals surface area contributed by atoms with Crippen LogP contribution in [0.2, 0.25) is 0 Å². The van der Waals surface area contributed by atoms with Crippen LogP contribution in [0.4, 0.5) is 0 Å². The van der Waals surface area contributed by atoms with Gasteiger partial charge >= 0.3 is 0 Å². The molecule has 0 aromatic carbocycles. The van der Waals surface area contributed by atoms with Gasteiger partial charge in [0.25, 0.3) is 0 Å². The van der Waals surface area contributed by atoms with Crippen molar-refractivity contribution in [3.8, 4) is 0 Å². The Bertz CT molecular complexity index is 293. The molecule has 4 nitrogen and oxygen atoms in total. The van der Waals surface area contributed by atoms with Gasteiger partial charge in [0.2, 0.25) is 0 Å². The number of aromatic nitrogens is 1. The van der Waals surface area contributed by atoms with Gasteiger partial charge in [0, 0.05) is 12.7 Å². The SMILES string of the molecule is Cc1cccc(C(=N)N(C)N)n1. The molecule has 64 valence electrons. The van der Waals surface area contributed by atoms with Crippen molar-refractivity contribution in [1.82, 2.24) is 9.99 Å². The zero-order valence-corrected chi connectivity index (χ0v) is 7.20. The minimum atomic E-state index is 0.221. The van der Waals surface area contributed by atoms with E-state index in [1.54, 1.807) is 13.1 Å². The summed E-state index contributed by atoms with van der Waals surface area (Å²) in [5, 5.41) is 8.76. The van der Waals surface area contributed by atoms with Crippen LogP contribution in [-0.2, 0) is 0 Å². The molecule has 0 saturated carbocycles. The number of rotatable bonds is 1. The molecule has 0 bridgehead atoms. The molecule has 4 heteroatoms. The van der Waals surface area contributed by atoms with E-state index in [1.807, 2.05) is 19.1 Å². The standard InChI is InChI=1S/C8H12N4/c1-6-4-3-5-7(11-6)8(9)12(2)10/h3-5,9H,10H2,1-2H3. The minimum Gasteiger partial charge on any atom is -0.297 e. The number of amidine groups is 1. The first-order valence-electron chi connectivity index (χ1n) is 3.62. The van der Waals surface area contributed by atoms with Crippen LogP contribution in [0.5, 0.6) is 0 Å². The maximum Gasteiger partial charge on any atom is 0.161 e. The lowest BCUT2D eigenvalue weighted by Gasteiger charge is -2.12. The highest BCUT2D eigenvalue weighted by atomic mass is 15.4. The average Bonchev–Trinajstić information content (AvgIpc) is 2.03. The van der Waals surface area contributed by atoms with E-state index in [0.29, 0.717) is 5.69 Å². The number of aryl methyl sites for hydroxylation is 1. The van der Waals surface area contributed by atoms with Gasteiger partial charge in [0.05, 0.1) is 0 Å². The molecule has 0 aliphatic heterocycles. The van der Waals surface area contributed by atoms with Crippen LogP contribution in [0.3, 0.4) is 0 Å². The van der Waals surface area contributed by atoms with Crippen LogP contribution >= 0.6 is 0 Å². The van der Waals surface area contributed by atoms with E-state index in [2.05, 4.69) is 4.98 Å². The second-order valence-corrected chi connectivity index (χ2v) is 2.62. The summed E-state index contributed by atoms with van der Waals surface area (Å²) in [5.74, 6) is 5.61. The molecule has 1 rings (SSSR count). The van der Waals surface area contributed by atoms with Crippen LogP contribution in [0, 0.1) is 12.3 Å². The molecular formula is C8H12N4. The molecule has 0 amide bonds. The van der Waals surface area contributed by atoms with Gasteiger partial charge in [-0.05, 0) is 19.1 Å². The summed E-state index contributed by atoms with van der Waals surface area (Å²) in [5.41, 5.74) is 1.49. The van der Waals surface area contributed by atoms with Gasteiger partial charge in [-0.3, -0.25) is 10.4 Å². The van der Waals surface area contributed by atoms with Gasteiger partial charge in [-0.2, -0.15) is 0 Å². The van der Waals surface area contributed by atoms with Crippen LogP contribution in [-0.4, -0.2) is 22.9 Å². The Morgan fingerprint density at radius 1 is 1.58 bits per heavy atom. The topological polar surface area (TPSA) is 66.0 Å². The molecule has 0 fully saturated rings. The highest BCUT2D eigenvalue weighted by molar-refractivity contribution is 5.93. The van der Waals surface area contributed by atoms with Crippen molar-refractivity contribution in [2.24, 2.45) is 5.84 Å². The maximum atomic E-state index is 7.52. The Kier molecular flexibility index (Phi) is 2.40. The summed E-state index contributed by atoms with van der Waals surface area (Å²) >= 11 is 0. The largest absolute Gasteiger partial charge is 0.297 e. The fourth-order valence-corrected chi connectivity index (χ4v) is 0.856. The van der Waals surface area contributed by atoms with E-state index in [-0.39, 0.29) is 5.84 Å². The second kappa shape index (κ2) is 3.32. The Hall–Kier alpha value is -1.42. The average molecular weight is 164 g/mol. The Labute approximate surface area is 71.5 Å². The number of nitrogens with zero attached hydrogens (tertiary/aromatic N) is 2. The van der Waals surface area contributed by atoms with E-state index in [9.17, 15) is 0 Å². The molecule has 3 N–H and O–H groups in total. The lowest BCUT2D eigenvalue weighted by Crippen LogP contribution is -2.33. The summed E-state index contributed by atoms with van der Waals surface area (Å²) in [6.45, 7) is 1.88. The minimum absolute atomic E-state index is 0.221. The monoisotopic (exact) mass is 164 g/mol. The zero-order valence-electron chi connectivity index (χ0n) is 7.20. The first kappa shape index (κ1) is 8.67. The lowest BCUT2D eigenvalue weighted by atomic mass is 10.3. The molecule has 0 aliphatic carbocycles. The first-order chi connectivity index (χ1) is 5.61. The summed E-state index contributed by atoms with van der Waals surface area (Å²) in [6.07, 6.45) is 0. The van der Waals surface area contributed by atoms with Crippen molar-refractivity contribution in [3.05, 3.63) is 29.6 Å². The highest BCUT2D eigenvalue weighted by Gasteiger charge is 2.04. The van der Waals surface area contributed by atoms with Gasteiger partial charge in [0.15, 0.2) is 5.84 Å². The molecule has 1 aromatic rings. The molecule has 0 unspecified atom stereocenters. The van der Waals surface area contributed by atoms with Crippen LogP contribution in [0.15, 0.2) is 18.2 Å². The summed E-state index contributed by atoms with van der Waals surface area (Å²) in [7, 11) is 1.62. The number of nitrogens with two attached hydrogens (primary N) is 1. The molecule has 12 heavy (non-hydrogen) atoms. The van der Waals surface area contributed by atoms with Crippen molar-refractivity contribution < 1.29 is 0 Å². The normalized spacial score (nSPS) is 9.58. The van der Waals surface area contributed by atoms with Crippen LogP contribution in [0.25, 0.3) is 0 Å². The van der Waals surface area contributed by atoms with Gasteiger partial charge in [0.1, 0.15) is 5.69 Å². The first-order valence-corrected chi connectivity index (χ1v) is 3.62. The van der Waals surface area contributed by atoms with Crippen LogP contribution in [0.1, 0.15) is 11.4 Å². The summed E-state index contributed by atoms with van der Waals surface area (Å²) < 4.78 is 0. The van der Waals surface area contributed by atoms with Crippen molar-refractivity contribution in [2.45, 2.75) is 6.92 Å². The molecule has 0 aliphatic rings. The Morgan fingerprint density at radius 3 is 2.75 bits per heavy atom. The summed E-state index contributed by atoms with van der Waals surface area (Å²) in [4.78, 5) is 4.15. The third-order valence-corrected chi connectivity index (χ3v) is 1.48. The van der Waals surface area contributed by atoms with E-state index in [1.165, 1.54) is 5.01 Å².